The molecule has 2 nitrogen and oxygen atoms in total. The van der Waals surface area contributed by atoms with E-state index in [0.29, 0.717) is 11.6 Å². The average molecular weight is 254 g/mol. The first-order valence-electron chi connectivity index (χ1n) is 4.91. The number of hydrogen-bond acceptors (Lipinski definition) is 3. The molecular formula is C12H12ClNOS. The quantitative estimate of drug-likeness (QED) is 0.866. The summed E-state index contributed by atoms with van der Waals surface area (Å²) in [5.41, 5.74) is 3.12. The lowest BCUT2D eigenvalue weighted by atomic mass is 10.2. The van der Waals surface area contributed by atoms with Crippen LogP contribution >= 0.6 is 22.9 Å². The molecule has 2 rings (SSSR count). The molecule has 1 aromatic carbocycles. The predicted molar refractivity (Wildman–Crippen MR) is 69.5 cm³/mol. The first-order chi connectivity index (χ1) is 7.68. The number of halogens is 1. The van der Waals surface area contributed by atoms with Crippen molar-refractivity contribution in [3.63, 3.8) is 0 Å². The topological polar surface area (TPSA) is 32.3 Å². The van der Waals surface area contributed by atoms with Crippen molar-refractivity contribution < 1.29 is 5.11 Å². The summed E-state index contributed by atoms with van der Waals surface area (Å²) in [5.74, 6) is 0.157. The largest absolute Gasteiger partial charge is 0.506 e. The minimum absolute atomic E-state index is 0.157. The summed E-state index contributed by atoms with van der Waals surface area (Å²) in [4.78, 5) is 0. The van der Waals surface area contributed by atoms with Crippen molar-refractivity contribution in [2.75, 3.05) is 5.32 Å². The first-order valence-corrected chi connectivity index (χ1v) is 6.23. The highest BCUT2D eigenvalue weighted by Gasteiger charge is 2.05. The Morgan fingerprint density at radius 3 is 2.88 bits per heavy atom. The number of aryl methyl sites for hydroxylation is 1. The molecule has 0 fully saturated rings. The van der Waals surface area contributed by atoms with Gasteiger partial charge in [0, 0.05) is 23.2 Å². The van der Waals surface area contributed by atoms with Crippen LogP contribution in [0.4, 0.5) is 5.69 Å². The number of anilines is 1. The van der Waals surface area contributed by atoms with E-state index in [0.717, 1.165) is 11.3 Å². The molecule has 2 aromatic rings. The van der Waals surface area contributed by atoms with Gasteiger partial charge in [-0.1, -0.05) is 23.7 Å². The van der Waals surface area contributed by atoms with Crippen LogP contribution < -0.4 is 5.32 Å². The number of nitrogens with one attached hydrogen (secondary N) is 1. The van der Waals surface area contributed by atoms with Gasteiger partial charge >= 0.3 is 0 Å². The number of phenolic OH excluding ortho intramolecular Hbond substituents is 1. The molecule has 0 radical (unpaired) electrons. The summed E-state index contributed by atoms with van der Waals surface area (Å²) in [6.45, 7) is 2.63. The van der Waals surface area contributed by atoms with Gasteiger partial charge in [-0.05, 0) is 23.9 Å². The fourth-order valence-corrected chi connectivity index (χ4v) is 2.43. The third kappa shape index (κ3) is 2.31. The minimum Gasteiger partial charge on any atom is -0.506 e. The van der Waals surface area contributed by atoms with E-state index in [-0.39, 0.29) is 5.75 Å². The van der Waals surface area contributed by atoms with E-state index in [4.69, 9.17) is 11.6 Å². The molecule has 0 spiro atoms. The van der Waals surface area contributed by atoms with Gasteiger partial charge in [0.05, 0.1) is 5.02 Å². The van der Waals surface area contributed by atoms with Crippen LogP contribution in [-0.2, 0) is 6.54 Å². The number of phenols is 1. The number of hydrogen-bond donors (Lipinski definition) is 2. The zero-order chi connectivity index (χ0) is 11.5. The standard InChI is InChI=1S/C12H12ClNOS/c1-8-6-16-7-11(8)14-5-9-3-2-4-10(13)12(9)15/h2-4,6-7,14-15H,5H2,1H3. The van der Waals surface area contributed by atoms with Crippen LogP contribution in [0, 0.1) is 6.92 Å². The molecule has 4 heteroatoms. The van der Waals surface area contributed by atoms with Crippen LogP contribution in [0.5, 0.6) is 5.75 Å². The van der Waals surface area contributed by atoms with E-state index in [2.05, 4.69) is 23.0 Å². The Morgan fingerprint density at radius 2 is 2.19 bits per heavy atom. The van der Waals surface area contributed by atoms with Crippen LogP contribution in [0.1, 0.15) is 11.1 Å². The number of thiophene rings is 1. The van der Waals surface area contributed by atoms with Gasteiger partial charge < -0.3 is 10.4 Å². The van der Waals surface area contributed by atoms with Crippen molar-refractivity contribution in [2.45, 2.75) is 13.5 Å². The molecule has 0 saturated carbocycles. The molecule has 0 aliphatic heterocycles. The zero-order valence-corrected chi connectivity index (χ0v) is 10.4. The van der Waals surface area contributed by atoms with E-state index in [1.165, 1.54) is 5.56 Å². The van der Waals surface area contributed by atoms with Gasteiger partial charge in [-0.2, -0.15) is 0 Å². The molecule has 0 amide bonds. The smallest absolute Gasteiger partial charge is 0.139 e. The average Bonchev–Trinajstić information content (AvgIpc) is 2.67. The van der Waals surface area contributed by atoms with Gasteiger partial charge in [0.15, 0.2) is 0 Å². The summed E-state index contributed by atoms with van der Waals surface area (Å²) >= 11 is 7.49. The van der Waals surface area contributed by atoms with Crippen molar-refractivity contribution in [2.24, 2.45) is 0 Å². The Labute approximate surface area is 104 Å². The second-order valence-electron chi connectivity index (χ2n) is 3.57. The molecule has 0 saturated heterocycles. The van der Waals surface area contributed by atoms with Crippen molar-refractivity contribution in [1.29, 1.82) is 0 Å². The van der Waals surface area contributed by atoms with Crippen LogP contribution in [0.25, 0.3) is 0 Å². The highest BCUT2D eigenvalue weighted by atomic mass is 35.5. The molecule has 0 atom stereocenters. The van der Waals surface area contributed by atoms with Gasteiger partial charge in [0.2, 0.25) is 0 Å². The Hall–Kier alpha value is -1.19. The zero-order valence-electron chi connectivity index (χ0n) is 8.83. The number of benzene rings is 1. The van der Waals surface area contributed by atoms with Gasteiger partial charge in [0.1, 0.15) is 5.75 Å². The van der Waals surface area contributed by atoms with Gasteiger partial charge in [-0.25, -0.2) is 0 Å². The highest BCUT2D eigenvalue weighted by Crippen LogP contribution is 2.28. The fraction of sp³-hybridized carbons (Fsp3) is 0.167. The molecule has 2 N–H and O–H groups in total. The summed E-state index contributed by atoms with van der Waals surface area (Å²) in [7, 11) is 0. The van der Waals surface area contributed by atoms with Crippen molar-refractivity contribution in [1.82, 2.24) is 0 Å². The fourth-order valence-electron chi connectivity index (χ4n) is 1.43. The molecule has 0 aliphatic carbocycles. The monoisotopic (exact) mass is 253 g/mol. The van der Waals surface area contributed by atoms with Gasteiger partial charge in [-0.15, -0.1) is 11.3 Å². The Kier molecular flexibility index (Phi) is 3.36. The summed E-state index contributed by atoms with van der Waals surface area (Å²) in [6, 6.07) is 5.37. The summed E-state index contributed by atoms with van der Waals surface area (Å²) < 4.78 is 0. The lowest BCUT2D eigenvalue weighted by Gasteiger charge is -2.08. The molecule has 84 valence electrons. The Balaban J connectivity index is 2.11. The highest BCUT2D eigenvalue weighted by molar-refractivity contribution is 7.08. The van der Waals surface area contributed by atoms with Crippen molar-refractivity contribution >= 4 is 28.6 Å². The second-order valence-corrected chi connectivity index (χ2v) is 4.72. The number of para-hydroxylation sites is 1. The molecular weight excluding hydrogens is 242 g/mol. The molecule has 0 bridgehead atoms. The maximum absolute atomic E-state index is 9.73. The molecule has 0 aliphatic rings. The number of rotatable bonds is 3. The predicted octanol–water partition coefficient (Wildman–Crippen LogP) is 4.03. The van der Waals surface area contributed by atoms with E-state index in [1.807, 2.05) is 12.1 Å². The normalized spacial score (nSPS) is 10.4. The van der Waals surface area contributed by atoms with Crippen molar-refractivity contribution in [3.8, 4) is 5.75 Å². The van der Waals surface area contributed by atoms with E-state index >= 15 is 0 Å². The Bertz CT molecular complexity index is 496. The summed E-state index contributed by atoms with van der Waals surface area (Å²) in [5, 5.41) is 17.5. The maximum atomic E-state index is 9.73. The van der Waals surface area contributed by atoms with Crippen LogP contribution in [0.15, 0.2) is 29.0 Å². The lowest BCUT2D eigenvalue weighted by molar-refractivity contribution is 0.469. The Morgan fingerprint density at radius 1 is 1.38 bits per heavy atom. The van der Waals surface area contributed by atoms with Crippen LogP contribution in [-0.4, -0.2) is 5.11 Å². The third-order valence-corrected chi connectivity index (χ3v) is 3.56. The first kappa shape index (κ1) is 11.3. The maximum Gasteiger partial charge on any atom is 0.139 e. The third-order valence-electron chi connectivity index (χ3n) is 2.40. The minimum atomic E-state index is 0.157. The molecule has 1 aromatic heterocycles. The molecule has 16 heavy (non-hydrogen) atoms. The van der Waals surface area contributed by atoms with E-state index in [1.54, 1.807) is 17.4 Å². The van der Waals surface area contributed by atoms with Gasteiger partial charge in [-0.3, -0.25) is 0 Å². The van der Waals surface area contributed by atoms with E-state index < -0.39 is 0 Å². The van der Waals surface area contributed by atoms with Crippen LogP contribution in [0.3, 0.4) is 0 Å². The summed E-state index contributed by atoms with van der Waals surface area (Å²) in [6.07, 6.45) is 0. The van der Waals surface area contributed by atoms with Gasteiger partial charge in [0.25, 0.3) is 0 Å². The van der Waals surface area contributed by atoms with Crippen molar-refractivity contribution in [3.05, 3.63) is 45.1 Å². The van der Waals surface area contributed by atoms with E-state index in [9.17, 15) is 5.11 Å². The molecule has 1 heterocycles. The number of aromatic hydroxyl groups is 1. The van der Waals surface area contributed by atoms with Crippen LogP contribution in [0.2, 0.25) is 5.02 Å². The SMILES string of the molecule is Cc1cscc1NCc1cccc(Cl)c1O. The lowest BCUT2D eigenvalue weighted by Crippen LogP contribution is -1.99. The molecule has 0 unspecified atom stereocenters. The second kappa shape index (κ2) is 4.76.